The lowest BCUT2D eigenvalue weighted by Crippen LogP contribution is -2.43. The van der Waals surface area contributed by atoms with Crippen LogP contribution in [0.2, 0.25) is 16.6 Å². The fourth-order valence-corrected chi connectivity index (χ4v) is 10.8. The van der Waals surface area contributed by atoms with Crippen LogP contribution < -0.4 is 10.6 Å². The molecule has 0 saturated carbocycles. The van der Waals surface area contributed by atoms with Crippen LogP contribution >= 0.6 is 0 Å². The van der Waals surface area contributed by atoms with Gasteiger partial charge in [-0.05, 0) is 65.0 Å². The molecule has 0 atom stereocenters. The molecule has 0 bridgehead atoms. The molecule has 4 rings (SSSR count). The highest BCUT2D eigenvalue weighted by Crippen LogP contribution is 2.41. The minimum Gasteiger partial charge on any atom is -0.399 e. The predicted molar refractivity (Wildman–Crippen MR) is 146 cm³/mol. The topological polar surface area (TPSA) is 56.3 Å². The second-order valence-corrected chi connectivity index (χ2v) is 15.9. The Hall–Kier alpha value is -2.75. The Bertz CT molecular complexity index is 1170. The number of hydrogen-bond acceptors (Lipinski definition) is 4. The third-order valence-electron chi connectivity index (χ3n) is 7.42. The second-order valence-electron chi connectivity index (χ2n) is 10.3. The molecule has 3 aromatic rings. The zero-order chi connectivity index (χ0) is 24.5. The maximum Gasteiger partial charge on any atom is 0.190 e. The van der Waals surface area contributed by atoms with Gasteiger partial charge in [0.2, 0.25) is 0 Å². The van der Waals surface area contributed by atoms with E-state index in [2.05, 4.69) is 92.8 Å². The molecule has 6 heteroatoms. The van der Waals surface area contributed by atoms with Crippen LogP contribution in [0.1, 0.15) is 47.4 Å². The molecule has 34 heavy (non-hydrogen) atoms. The van der Waals surface area contributed by atoms with E-state index in [1.54, 1.807) is 0 Å². The molecule has 1 aliphatic rings. The van der Waals surface area contributed by atoms with Gasteiger partial charge in [0.25, 0.3) is 0 Å². The molecule has 0 amide bonds. The molecular formula is C28H38N4OSi. The van der Waals surface area contributed by atoms with E-state index in [0.717, 1.165) is 54.5 Å². The molecule has 0 aliphatic carbocycles. The number of rotatable bonds is 5. The first-order valence-corrected chi connectivity index (χ1v) is 14.7. The van der Waals surface area contributed by atoms with E-state index >= 15 is 0 Å². The first-order chi connectivity index (χ1) is 16.2. The van der Waals surface area contributed by atoms with Gasteiger partial charge in [0.05, 0.1) is 24.2 Å². The van der Waals surface area contributed by atoms with Crippen LogP contribution in [0.3, 0.4) is 0 Å². The van der Waals surface area contributed by atoms with Gasteiger partial charge in [0.15, 0.2) is 5.82 Å². The van der Waals surface area contributed by atoms with Gasteiger partial charge >= 0.3 is 0 Å². The normalized spacial score (nSPS) is 14.8. The number of morpholine rings is 1. The highest BCUT2D eigenvalue weighted by Gasteiger charge is 2.41. The number of benzene rings is 2. The van der Waals surface area contributed by atoms with Crippen molar-refractivity contribution in [2.24, 2.45) is 0 Å². The number of ether oxygens (including phenoxy) is 1. The number of aromatic nitrogens is 2. The molecule has 0 unspecified atom stereocenters. The molecule has 1 saturated heterocycles. The lowest BCUT2D eigenvalue weighted by molar-refractivity contribution is 0.122. The van der Waals surface area contributed by atoms with Gasteiger partial charge in [0.1, 0.15) is 8.07 Å². The Morgan fingerprint density at radius 2 is 1.47 bits per heavy atom. The number of imidazole rings is 1. The van der Waals surface area contributed by atoms with E-state index < -0.39 is 8.07 Å². The minimum atomic E-state index is -1.89. The Morgan fingerprint density at radius 3 is 2.06 bits per heavy atom. The van der Waals surface area contributed by atoms with Crippen molar-refractivity contribution in [2.45, 2.75) is 58.2 Å². The van der Waals surface area contributed by atoms with Gasteiger partial charge in [-0.2, -0.15) is 0 Å². The highest BCUT2D eigenvalue weighted by atomic mass is 28.3. The maximum absolute atomic E-state index is 5.99. The van der Waals surface area contributed by atoms with Crippen molar-refractivity contribution in [1.82, 2.24) is 9.55 Å². The van der Waals surface area contributed by atoms with Crippen LogP contribution in [0.25, 0.3) is 16.7 Å². The summed E-state index contributed by atoms with van der Waals surface area (Å²) in [5.41, 5.74) is 16.6. The average molecular weight is 475 g/mol. The minimum absolute atomic E-state index is 0.572. The van der Waals surface area contributed by atoms with E-state index in [0.29, 0.717) is 16.6 Å². The van der Waals surface area contributed by atoms with Crippen LogP contribution in [-0.4, -0.2) is 43.9 Å². The highest BCUT2D eigenvalue weighted by molar-refractivity contribution is 6.90. The SMILES string of the molecule is CC(C)[Si](C#Cc1nc2cc(N3CCOCC3)ccc2n1-c1ccc(N)cc1)(C(C)C)C(C)C. The second kappa shape index (κ2) is 9.85. The molecule has 0 radical (unpaired) electrons. The smallest absolute Gasteiger partial charge is 0.190 e. The number of fused-ring (bicyclic) bond motifs is 1. The summed E-state index contributed by atoms with van der Waals surface area (Å²) in [5, 5.41) is 0. The third kappa shape index (κ3) is 4.47. The van der Waals surface area contributed by atoms with E-state index in [1.165, 1.54) is 5.69 Å². The Kier molecular flexibility index (Phi) is 7.06. The first kappa shape index (κ1) is 24.4. The summed E-state index contributed by atoms with van der Waals surface area (Å²) in [6.07, 6.45) is 0. The van der Waals surface area contributed by atoms with Crippen LogP contribution in [0.15, 0.2) is 42.5 Å². The fraction of sp³-hybridized carbons (Fsp3) is 0.464. The Balaban J connectivity index is 1.89. The van der Waals surface area contributed by atoms with E-state index in [1.807, 2.05) is 12.1 Å². The molecule has 1 aromatic heterocycles. The molecule has 2 aromatic carbocycles. The van der Waals surface area contributed by atoms with Crippen molar-refractivity contribution >= 4 is 30.5 Å². The van der Waals surface area contributed by atoms with Gasteiger partial charge in [0, 0.05) is 30.2 Å². The van der Waals surface area contributed by atoms with Crippen LogP contribution in [0, 0.1) is 11.5 Å². The van der Waals surface area contributed by atoms with Crippen LogP contribution in [0.5, 0.6) is 0 Å². The number of hydrogen-bond donors (Lipinski definition) is 1. The maximum atomic E-state index is 5.99. The van der Waals surface area contributed by atoms with Crippen LogP contribution in [-0.2, 0) is 4.74 Å². The van der Waals surface area contributed by atoms with Gasteiger partial charge in [-0.1, -0.05) is 41.5 Å². The summed E-state index contributed by atoms with van der Waals surface area (Å²) in [4.78, 5) is 7.44. The molecule has 2 N–H and O–H groups in total. The molecule has 1 aliphatic heterocycles. The molecule has 2 heterocycles. The fourth-order valence-electron chi connectivity index (χ4n) is 5.65. The summed E-state index contributed by atoms with van der Waals surface area (Å²) >= 11 is 0. The van der Waals surface area contributed by atoms with Gasteiger partial charge in [-0.15, -0.1) is 5.54 Å². The Labute approximate surface area is 205 Å². The number of anilines is 2. The molecule has 1 fully saturated rings. The van der Waals surface area contributed by atoms with Crippen molar-refractivity contribution in [3.05, 3.63) is 48.3 Å². The summed E-state index contributed by atoms with van der Waals surface area (Å²) in [7, 11) is -1.89. The summed E-state index contributed by atoms with van der Waals surface area (Å²) in [6.45, 7) is 17.4. The van der Waals surface area contributed by atoms with Gasteiger partial charge in [-0.25, -0.2) is 4.98 Å². The van der Waals surface area contributed by atoms with Crippen molar-refractivity contribution in [3.63, 3.8) is 0 Å². The van der Waals surface area contributed by atoms with Gasteiger partial charge < -0.3 is 15.4 Å². The summed E-state index contributed by atoms with van der Waals surface area (Å²) in [5.74, 6) is 4.40. The van der Waals surface area contributed by atoms with Crippen LogP contribution in [0.4, 0.5) is 11.4 Å². The van der Waals surface area contributed by atoms with Crippen molar-refractivity contribution in [1.29, 1.82) is 0 Å². The first-order valence-electron chi connectivity index (χ1n) is 12.5. The monoisotopic (exact) mass is 474 g/mol. The largest absolute Gasteiger partial charge is 0.399 e. The Morgan fingerprint density at radius 1 is 0.882 bits per heavy atom. The molecule has 180 valence electrons. The number of nitrogens with zero attached hydrogens (tertiary/aromatic N) is 3. The average Bonchev–Trinajstić information content (AvgIpc) is 3.17. The summed E-state index contributed by atoms with van der Waals surface area (Å²) < 4.78 is 7.72. The molecule has 0 spiro atoms. The van der Waals surface area contributed by atoms with E-state index in [9.17, 15) is 0 Å². The standard InChI is InChI=1S/C28H38N4OSi/c1-20(2)34(21(3)4,22(5)6)18-13-28-30-26-19-25(31-14-16-33-17-15-31)11-12-27(26)32(28)24-9-7-23(29)8-10-24/h7-12,19-22H,14-17,29H2,1-6H3. The van der Waals surface area contributed by atoms with E-state index in [4.69, 9.17) is 15.5 Å². The molecule has 5 nitrogen and oxygen atoms in total. The van der Waals surface area contributed by atoms with E-state index in [-0.39, 0.29) is 0 Å². The zero-order valence-electron chi connectivity index (χ0n) is 21.4. The number of nitrogens with two attached hydrogens (primary N) is 1. The lowest BCUT2D eigenvalue weighted by Gasteiger charge is -2.38. The predicted octanol–water partition coefficient (Wildman–Crippen LogP) is 6.01. The van der Waals surface area contributed by atoms with Crippen molar-refractivity contribution in [3.8, 4) is 17.2 Å². The quantitative estimate of drug-likeness (QED) is 0.279. The van der Waals surface area contributed by atoms with Crippen molar-refractivity contribution < 1.29 is 4.74 Å². The van der Waals surface area contributed by atoms with Crippen molar-refractivity contribution in [2.75, 3.05) is 36.9 Å². The third-order valence-corrected chi connectivity index (χ3v) is 13.7. The lowest BCUT2D eigenvalue weighted by atomic mass is 10.2. The summed E-state index contributed by atoms with van der Waals surface area (Å²) in [6, 6.07) is 14.5. The zero-order valence-corrected chi connectivity index (χ0v) is 22.4. The molecular weight excluding hydrogens is 436 g/mol. The number of nitrogen functional groups attached to an aromatic ring is 1. The van der Waals surface area contributed by atoms with Gasteiger partial charge in [-0.3, -0.25) is 4.57 Å².